The van der Waals surface area contributed by atoms with Gasteiger partial charge >= 0.3 is 5.97 Å². The summed E-state index contributed by atoms with van der Waals surface area (Å²) in [6.07, 6.45) is 0.0555. The number of esters is 1. The van der Waals surface area contributed by atoms with Gasteiger partial charge in [0.15, 0.2) is 6.61 Å². The van der Waals surface area contributed by atoms with Crippen molar-refractivity contribution in [2.45, 2.75) is 13.3 Å². The lowest BCUT2D eigenvalue weighted by Gasteiger charge is -2.07. The standard InChI is InChI=1S/C17H15ClN2O5/c1-11-2-4-12(5-3-11)8-17(22)25-10-16(21)19-13-6-7-14(18)15(9-13)20(23)24/h2-7,9H,8,10H2,1H3,(H,19,21). The molecule has 0 saturated heterocycles. The Labute approximate surface area is 148 Å². The fraction of sp³-hybridized carbons (Fsp3) is 0.176. The molecule has 0 fully saturated rings. The van der Waals surface area contributed by atoms with E-state index in [1.165, 1.54) is 12.1 Å². The molecule has 25 heavy (non-hydrogen) atoms. The summed E-state index contributed by atoms with van der Waals surface area (Å²) in [5, 5.41) is 13.2. The molecular formula is C17H15ClN2O5. The molecular weight excluding hydrogens is 348 g/mol. The summed E-state index contributed by atoms with van der Waals surface area (Å²) in [6, 6.07) is 11.2. The molecule has 0 saturated carbocycles. The third-order valence-corrected chi connectivity index (χ3v) is 3.58. The molecule has 8 heteroatoms. The molecule has 2 aromatic carbocycles. The molecule has 1 amide bonds. The van der Waals surface area contributed by atoms with Gasteiger partial charge in [0, 0.05) is 11.8 Å². The molecule has 0 radical (unpaired) electrons. The van der Waals surface area contributed by atoms with E-state index in [4.69, 9.17) is 16.3 Å². The summed E-state index contributed by atoms with van der Waals surface area (Å²) in [5.41, 5.74) is 1.73. The molecule has 0 unspecified atom stereocenters. The van der Waals surface area contributed by atoms with Crippen molar-refractivity contribution in [2.24, 2.45) is 0 Å². The van der Waals surface area contributed by atoms with E-state index in [-0.39, 0.29) is 22.8 Å². The Morgan fingerprint density at radius 3 is 2.52 bits per heavy atom. The number of nitro benzene ring substituents is 1. The Kier molecular flexibility index (Phi) is 6.08. The van der Waals surface area contributed by atoms with Crippen LogP contribution in [-0.2, 0) is 20.7 Å². The van der Waals surface area contributed by atoms with Crippen molar-refractivity contribution in [1.82, 2.24) is 0 Å². The maximum Gasteiger partial charge on any atom is 0.310 e. The summed E-state index contributed by atoms with van der Waals surface area (Å²) in [6.45, 7) is 1.45. The first kappa shape index (κ1) is 18.4. The highest BCUT2D eigenvalue weighted by molar-refractivity contribution is 6.32. The number of benzene rings is 2. The van der Waals surface area contributed by atoms with Crippen LogP contribution in [0.1, 0.15) is 11.1 Å². The monoisotopic (exact) mass is 362 g/mol. The number of nitrogens with one attached hydrogen (secondary N) is 1. The summed E-state index contributed by atoms with van der Waals surface area (Å²) in [4.78, 5) is 33.7. The second-order valence-electron chi connectivity index (χ2n) is 5.29. The smallest absolute Gasteiger partial charge is 0.310 e. The van der Waals surface area contributed by atoms with E-state index in [9.17, 15) is 19.7 Å². The zero-order valence-corrected chi connectivity index (χ0v) is 14.1. The Morgan fingerprint density at radius 2 is 1.88 bits per heavy atom. The summed E-state index contributed by atoms with van der Waals surface area (Å²) in [7, 11) is 0. The van der Waals surface area contributed by atoms with Gasteiger partial charge in [0.2, 0.25) is 0 Å². The van der Waals surface area contributed by atoms with Crippen molar-refractivity contribution in [3.63, 3.8) is 0 Å². The summed E-state index contributed by atoms with van der Waals surface area (Å²) in [5.74, 6) is -1.14. The van der Waals surface area contributed by atoms with Gasteiger partial charge < -0.3 is 10.1 Å². The predicted octanol–water partition coefficient (Wildman–Crippen LogP) is 3.28. The number of nitro groups is 1. The molecule has 0 aliphatic rings. The number of rotatable bonds is 6. The Bertz CT molecular complexity index is 805. The molecule has 0 bridgehead atoms. The lowest BCUT2D eigenvalue weighted by atomic mass is 10.1. The van der Waals surface area contributed by atoms with Gasteiger partial charge in [-0.25, -0.2) is 0 Å². The number of aryl methyl sites for hydroxylation is 1. The molecule has 0 atom stereocenters. The molecule has 0 aromatic heterocycles. The zero-order valence-electron chi connectivity index (χ0n) is 13.3. The first-order valence-corrected chi connectivity index (χ1v) is 7.68. The van der Waals surface area contributed by atoms with Gasteiger partial charge in [-0.05, 0) is 24.6 Å². The SMILES string of the molecule is Cc1ccc(CC(=O)OCC(=O)Nc2ccc(Cl)c([N+](=O)[O-])c2)cc1. The molecule has 0 aliphatic heterocycles. The van der Waals surface area contributed by atoms with Crippen molar-refractivity contribution in [3.8, 4) is 0 Å². The quantitative estimate of drug-likeness (QED) is 0.483. The average Bonchev–Trinajstić information content (AvgIpc) is 2.56. The minimum Gasteiger partial charge on any atom is -0.455 e. The topological polar surface area (TPSA) is 98.5 Å². The van der Waals surface area contributed by atoms with E-state index in [1.807, 2.05) is 31.2 Å². The molecule has 0 aliphatic carbocycles. The highest BCUT2D eigenvalue weighted by Crippen LogP contribution is 2.27. The fourth-order valence-corrected chi connectivity index (χ4v) is 2.18. The van der Waals surface area contributed by atoms with E-state index in [0.717, 1.165) is 17.2 Å². The predicted molar refractivity (Wildman–Crippen MR) is 92.6 cm³/mol. The lowest BCUT2D eigenvalue weighted by Crippen LogP contribution is -2.21. The first-order valence-electron chi connectivity index (χ1n) is 7.30. The van der Waals surface area contributed by atoms with Crippen molar-refractivity contribution in [3.05, 3.63) is 68.7 Å². The normalized spacial score (nSPS) is 10.2. The van der Waals surface area contributed by atoms with E-state index in [0.29, 0.717) is 0 Å². The van der Waals surface area contributed by atoms with Crippen LogP contribution in [0.15, 0.2) is 42.5 Å². The molecule has 0 spiro atoms. The summed E-state index contributed by atoms with van der Waals surface area (Å²) >= 11 is 5.69. The van der Waals surface area contributed by atoms with Crippen molar-refractivity contribution < 1.29 is 19.2 Å². The van der Waals surface area contributed by atoms with Crippen LogP contribution >= 0.6 is 11.6 Å². The number of halogens is 1. The lowest BCUT2D eigenvalue weighted by molar-refractivity contribution is -0.384. The highest BCUT2D eigenvalue weighted by atomic mass is 35.5. The number of amides is 1. The van der Waals surface area contributed by atoms with Crippen LogP contribution in [0.5, 0.6) is 0 Å². The number of anilines is 1. The number of hydrogen-bond acceptors (Lipinski definition) is 5. The maximum atomic E-state index is 11.8. The first-order chi connectivity index (χ1) is 11.8. The van der Waals surface area contributed by atoms with E-state index in [1.54, 1.807) is 0 Å². The van der Waals surface area contributed by atoms with Crippen LogP contribution in [0.4, 0.5) is 11.4 Å². The molecule has 130 valence electrons. The largest absolute Gasteiger partial charge is 0.455 e. The molecule has 1 N–H and O–H groups in total. The van der Waals surface area contributed by atoms with Crippen LogP contribution in [-0.4, -0.2) is 23.4 Å². The second-order valence-corrected chi connectivity index (χ2v) is 5.70. The minimum absolute atomic E-state index is 0.0347. The second kappa shape index (κ2) is 8.25. The van der Waals surface area contributed by atoms with Gasteiger partial charge in [0.05, 0.1) is 11.3 Å². The number of hydrogen-bond donors (Lipinski definition) is 1. The number of carbonyl (C=O) groups is 2. The van der Waals surface area contributed by atoms with E-state index in [2.05, 4.69) is 5.32 Å². The number of nitrogens with zero attached hydrogens (tertiary/aromatic N) is 1. The molecule has 7 nitrogen and oxygen atoms in total. The minimum atomic E-state index is -0.653. The van der Waals surface area contributed by atoms with Gasteiger partial charge in [-0.2, -0.15) is 0 Å². The van der Waals surface area contributed by atoms with Gasteiger partial charge in [0.25, 0.3) is 11.6 Å². The summed E-state index contributed by atoms with van der Waals surface area (Å²) < 4.78 is 4.90. The third kappa shape index (κ3) is 5.58. The van der Waals surface area contributed by atoms with E-state index < -0.39 is 23.4 Å². The van der Waals surface area contributed by atoms with Gasteiger partial charge in [-0.3, -0.25) is 19.7 Å². The van der Waals surface area contributed by atoms with Gasteiger partial charge in [-0.1, -0.05) is 41.4 Å². The van der Waals surface area contributed by atoms with Crippen molar-refractivity contribution in [1.29, 1.82) is 0 Å². The van der Waals surface area contributed by atoms with Crippen LogP contribution in [0.3, 0.4) is 0 Å². The van der Waals surface area contributed by atoms with Crippen LogP contribution in [0.25, 0.3) is 0 Å². The molecule has 0 heterocycles. The zero-order chi connectivity index (χ0) is 18.4. The average molecular weight is 363 g/mol. The Hall–Kier alpha value is -2.93. The third-order valence-electron chi connectivity index (χ3n) is 3.26. The van der Waals surface area contributed by atoms with Gasteiger partial charge in [-0.15, -0.1) is 0 Å². The maximum absolute atomic E-state index is 11.8. The van der Waals surface area contributed by atoms with Crippen LogP contribution in [0, 0.1) is 17.0 Å². The Morgan fingerprint density at radius 1 is 1.20 bits per heavy atom. The van der Waals surface area contributed by atoms with Crippen LogP contribution < -0.4 is 5.32 Å². The Balaban J connectivity index is 1.86. The van der Waals surface area contributed by atoms with E-state index >= 15 is 0 Å². The number of carbonyl (C=O) groups excluding carboxylic acids is 2. The fourth-order valence-electron chi connectivity index (χ4n) is 2.00. The van der Waals surface area contributed by atoms with Crippen LogP contribution in [0.2, 0.25) is 5.02 Å². The number of ether oxygens (including phenoxy) is 1. The highest BCUT2D eigenvalue weighted by Gasteiger charge is 2.14. The van der Waals surface area contributed by atoms with Crippen molar-refractivity contribution in [2.75, 3.05) is 11.9 Å². The molecule has 2 rings (SSSR count). The van der Waals surface area contributed by atoms with Crippen molar-refractivity contribution >= 4 is 34.9 Å². The molecule has 2 aromatic rings. The van der Waals surface area contributed by atoms with Gasteiger partial charge in [0.1, 0.15) is 5.02 Å².